The molecular weight excluding hydrogens is 292 g/mol. The van der Waals surface area contributed by atoms with Gasteiger partial charge >= 0.3 is 6.03 Å². The summed E-state index contributed by atoms with van der Waals surface area (Å²) >= 11 is 0. The monoisotopic (exact) mass is 314 g/mol. The highest BCUT2D eigenvalue weighted by atomic mass is 16.5. The maximum atomic E-state index is 11.9. The number of hydrogen-bond donors (Lipinski definition) is 3. The average molecular weight is 314 g/mol. The minimum Gasteiger partial charge on any atom is -0.497 e. The van der Waals surface area contributed by atoms with Gasteiger partial charge in [-0.1, -0.05) is 30.3 Å². The SMILES string of the molecule is COc1cccc(NC(=O)NCc2ccc(C(C)(C)O)cc2)c1. The van der Waals surface area contributed by atoms with E-state index < -0.39 is 5.60 Å². The van der Waals surface area contributed by atoms with Gasteiger partial charge in [-0.3, -0.25) is 0 Å². The first-order chi connectivity index (χ1) is 10.9. The first-order valence-corrected chi connectivity index (χ1v) is 7.39. The van der Waals surface area contributed by atoms with Gasteiger partial charge in [-0.2, -0.15) is 0 Å². The molecule has 0 aliphatic rings. The summed E-state index contributed by atoms with van der Waals surface area (Å²) in [5.74, 6) is 0.685. The fraction of sp³-hybridized carbons (Fsp3) is 0.278. The van der Waals surface area contributed by atoms with Crippen molar-refractivity contribution in [2.24, 2.45) is 0 Å². The molecule has 122 valence electrons. The van der Waals surface area contributed by atoms with Crippen molar-refractivity contribution in [3.8, 4) is 5.75 Å². The summed E-state index contributed by atoms with van der Waals surface area (Å²) in [6.07, 6.45) is 0. The molecule has 5 nitrogen and oxygen atoms in total. The van der Waals surface area contributed by atoms with E-state index >= 15 is 0 Å². The van der Waals surface area contributed by atoms with E-state index in [9.17, 15) is 9.90 Å². The van der Waals surface area contributed by atoms with E-state index in [1.807, 2.05) is 36.4 Å². The van der Waals surface area contributed by atoms with Crippen LogP contribution >= 0.6 is 0 Å². The number of hydrogen-bond acceptors (Lipinski definition) is 3. The Kier molecular flexibility index (Phi) is 5.24. The van der Waals surface area contributed by atoms with Crippen molar-refractivity contribution in [1.82, 2.24) is 5.32 Å². The lowest BCUT2D eigenvalue weighted by Crippen LogP contribution is -2.28. The Morgan fingerprint density at radius 3 is 2.48 bits per heavy atom. The van der Waals surface area contributed by atoms with Gasteiger partial charge in [0.2, 0.25) is 0 Å². The molecule has 0 saturated carbocycles. The predicted molar refractivity (Wildman–Crippen MR) is 90.5 cm³/mol. The van der Waals surface area contributed by atoms with Crippen molar-refractivity contribution >= 4 is 11.7 Å². The quantitative estimate of drug-likeness (QED) is 0.793. The molecule has 0 saturated heterocycles. The molecule has 0 unspecified atom stereocenters. The number of benzene rings is 2. The number of ether oxygens (including phenoxy) is 1. The first-order valence-electron chi connectivity index (χ1n) is 7.39. The molecule has 0 aromatic heterocycles. The molecule has 23 heavy (non-hydrogen) atoms. The Hall–Kier alpha value is -2.53. The molecule has 0 bridgehead atoms. The van der Waals surface area contributed by atoms with E-state index in [4.69, 9.17) is 4.74 Å². The first kappa shape index (κ1) is 16.8. The van der Waals surface area contributed by atoms with E-state index in [2.05, 4.69) is 10.6 Å². The molecule has 0 aliphatic heterocycles. The zero-order valence-corrected chi connectivity index (χ0v) is 13.6. The molecule has 3 N–H and O–H groups in total. The second kappa shape index (κ2) is 7.15. The Labute approximate surface area is 136 Å². The summed E-state index contributed by atoms with van der Waals surface area (Å²) in [4.78, 5) is 11.9. The smallest absolute Gasteiger partial charge is 0.319 e. The average Bonchev–Trinajstić information content (AvgIpc) is 2.52. The third-order valence-corrected chi connectivity index (χ3v) is 3.44. The molecule has 0 spiro atoms. The van der Waals surface area contributed by atoms with Gasteiger partial charge in [0.05, 0.1) is 12.7 Å². The molecule has 0 radical (unpaired) electrons. The molecule has 2 rings (SSSR count). The number of carbonyl (C=O) groups is 1. The van der Waals surface area contributed by atoms with Gasteiger partial charge in [-0.15, -0.1) is 0 Å². The van der Waals surface area contributed by atoms with Crippen molar-refractivity contribution in [1.29, 1.82) is 0 Å². The summed E-state index contributed by atoms with van der Waals surface area (Å²) in [5.41, 5.74) is 1.59. The van der Waals surface area contributed by atoms with Gasteiger partial charge < -0.3 is 20.5 Å². The lowest BCUT2D eigenvalue weighted by Gasteiger charge is -2.18. The zero-order valence-electron chi connectivity index (χ0n) is 13.6. The largest absolute Gasteiger partial charge is 0.497 e. The number of nitrogens with one attached hydrogen (secondary N) is 2. The number of rotatable bonds is 5. The van der Waals surface area contributed by atoms with Crippen molar-refractivity contribution in [3.63, 3.8) is 0 Å². The minimum atomic E-state index is -0.865. The van der Waals surface area contributed by atoms with E-state index in [0.29, 0.717) is 18.0 Å². The van der Waals surface area contributed by atoms with Crippen LogP contribution in [0.5, 0.6) is 5.75 Å². The fourth-order valence-corrected chi connectivity index (χ4v) is 2.09. The van der Waals surface area contributed by atoms with Crippen LogP contribution in [0.25, 0.3) is 0 Å². The number of methoxy groups -OCH3 is 1. The van der Waals surface area contributed by atoms with Crippen LogP contribution in [0, 0.1) is 0 Å². The molecule has 2 aromatic rings. The Balaban J connectivity index is 1.89. The van der Waals surface area contributed by atoms with Crippen molar-refractivity contribution in [3.05, 3.63) is 59.7 Å². The molecular formula is C18H22N2O3. The van der Waals surface area contributed by atoms with Gasteiger partial charge in [0.25, 0.3) is 0 Å². The summed E-state index contributed by atoms with van der Waals surface area (Å²) in [7, 11) is 1.58. The van der Waals surface area contributed by atoms with Crippen LogP contribution in [0.1, 0.15) is 25.0 Å². The molecule has 0 aliphatic carbocycles. The van der Waals surface area contributed by atoms with Crippen molar-refractivity contribution in [2.45, 2.75) is 26.0 Å². The lowest BCUT2D eigenvalue weighted by atomic mass is 9.97. The molecule has 0 fully saturated rings. The topological polar surface area (TPSA) is 70.6 Å². The van der Waals surface area contributed by atoms with E-state index in [-0.39, 0.29) is 6.03 Å². The number of urea groups is 1. The molecule has 2 amide bonds. The molecule has 5 heteroatoms. The summed E-state index contributed by atoms with van der Waals surface area (Å²) in [5, 5.41) is 15.5. The van der Waals surface area contributed by atoms with Gasteiger partial charge in [0.15, 0.2) is 0 Å². The predicted octanol–water partition coefficient (Wildman–Crippen LogP) is 3.24. The Bertz CT molecular complexity index is 661. The summed E-state index contributed by atoms with van der Waals surface area (Å²) in [6, 6.07) is 14.4. The van der Waals surface area contributed by atoms with Crippen molar-refractivity contribution in [2.75, 3.05) is 12.4 Å². The van der Waals surface area contributed by atoms with Gasteiger partial charge in [0.1, 0.15) is 5.75 Å². The molecule has 2 aromatic carbocycles. The Morgan fingerprint density at radius 2 is 1.87 bits per heavy atom. The standard InChI is InChI=1S/C18H22N2O3/c1-18(2,22)14-9-7-13(8-10-14)12-19-17(21)20-15-5-4-6-16(11-15)23-3/h4-11,22H,12H2,1-3H3,(H2,19,20,21). The Morgan fingerprint density at radius 1 is 1.17 bits per heavy atom. The van der Waals surface area contributed by atoms with Crippen LogP contribution < -0.4 is 15.4 Å². The molecule has 0 atom stereocenters. The van der Waals surface area contributed by atoms with Gasteiger partial charge in [-0.05, 0) is 37.1 Å². The normalized spacial score (nSPS) is 11.0. The second-order valence-corrected chi connectivity index (χ2v) is 5.80. The zero-order chi connectivity index (χ0) is 16.9. The van der Waals surface area contributed by atoms with Crippen LogP contribution in [-0.2, 0) is 12.1 Å². The van der Waals surface area contributed by atoms with Gasteiger partial charge in [0, 0.05) is 18.3 Å². The highest BCUT2D eigenvalue weighted by Gasteiger charge is 2.15. The van der Waals surface area contributed by atoms with Gasteiger partial charge in [-0.25, -0.2) is 4.79 Å². The minimum absolute atomic E-state index is 0.287. The highest BCUT2D eigenvalue weighted by molar-refractivity contribution is 5.89. The third kappa shape index (κ3) is 5.00. The number of anilines is 1. The van der Waals surface area contributed by atoms with Crippen LogP contribution in [0.2, 0.25) is 0 Å². The number of amides is 2. The summed E-state index contributed by atoms with van der Waals surface area (Å²) < 4.78 is 5.11. The van der Waals surface area contributed by atoms with Crippen LogP contribution in [0.3, 0.4) is 0 Å². The fourth-order valence-electron chi connectivity index (χ4n) is 2.09. The second-order valence-electron chi connectivity index (χ2n) is 5.80. The highest BCUT2D eigenvalue weighted by Crippen LogP contribution is 2.20. The maximum absolute atomic E-state index is 11.9. The lowest BCUT2D eigenvalue weighted by molar-refractivity contribution is 0.0786. The van der Waals surface area contributed by atoms with Crippen LogP contribution in [-0.4, -0.2) is 18.2 Å². The van der Waals surface area contributed by atoms with E-state index in [0.717, 1.165) is 11.1 Å². The maximum Gasteiger partial charge on any atom is 0.319 e. The number of aliphatic hydroxyl groups is 1. The molecule has 0 heterocycles. The summed E-state index contributed by atoms with van der Waals surface area (Å²) in [6.45, 7) is 3.88. The van der Waals surface area contributed by atoms with Crippen molar-refractivity contribution < 1.29 is 14.6 Å². The third-order valence-electron chi connectivity index (χ3n) is 3.44. The van der Waals surface area contributed by atoms with E-state index in [1.165, 1.54) is 0 Å². The van der Waals surface area contributed by atoms with Crippen LogP contribution in [0.15, 0.2) is 48.5 Å². The number of carbonyl (C=O) groups excluding carboxylic acids is 1. The van der Waals surface area contributed by atoms with Crippen LogP contribution in [0.4, 0.5) is 10.5 Å². The van der Waals surface area contributed by atoms with E-state index in [1.54, 1.807) is 33.1 Å².